The summed E-state index contributed by atoms with van der Waals surface area (Å²) in [4.78, 5) is 17.2. The maximum Gasteiger partial charge on any atom is 0.340 e. The zero-order valence-electron chi connectivity index (χ0n) is 22.2. The molecule has 1 fully saturated rings. The Labute approximate surface area is 215 Å². The second-order valence-corrected chi connectivity index (χ2v) is 8.78. The molecular weight excluding hydrogens is 450 g/mol. The van der Waals surface area contributed by atoms with Crippen molar-refractivity contribution < 1.29 is 14.3 Å². The molecule has 0 atom stereocenters. The van der Waals surface area contributed by atoms with Crippen LogP contribution in [0.1, 0.15) is 54.6 Å². The van der Waals surface area contributed by atoms with Gasteiger partial charge < -0.3 is 19.7 Å². The third-order valence-electron chi connectivity index (χ3n) is 6.33. The van der Waals surface area contributed by atoms with E-state index in [1.807, 2.05) is 13.8 Å². The molecule has 6 heteroatoms. The molecule has 5 rings (SSSR count). The molecular formula is C30H39N3O3. The van der Waals surface area contributed by atoms with Gasteiger partial charge in [0, 0.05) is 37.7 Å². The molecule has 2 aromatic carbocycles. The van der Waals surface area contributed by atoms with E-state index in [1.165, 1.54) is 48.9 Å². The van der Waals surface area contributed by atoms with Crippen LogP contribution in [0.2, 0.25) is 0 Å². The summed E-state index contributed by atoms with van der Waals surface area (Å²) in [6, 6.07) is 17.2. The second kappa shape index (κ2) is 13.5. The molecule has 36 heavy (non-hydrogen) atoms. The van der Waals surface area contributed by atoms with E-state index >= 15 is 0 Å². The third-order valence-corrected chi connectivity index (χ3v) is 6.33. The standard InChI is InChI=1S/C20H23NO.C8H10N2O2.C2H6/c1-21(18-9-6-16(7-10-18)13-15-4-5-15)19-11-8-17-3-2-12-22-20(17)14-19;1-9-7-5-10-4-3-6(7)8(11)12-2;1-2/h6-11,14-15H,2-5,12-13H2,1H3;3-5,9H,1-2H3;1-2H3. The molecule has 0 amide bonds. The van der Waals surface area contributed by atoms with Gasteiger partial charge in [0.2, 0.25) is 0 Å². The Morgan fingerprint density at radius 2 is 1.83 bits per heavy atom. The molecule has 2 aliphatic rings. The number of hydrogen-bond donors (Lipinski definition) is 1. The lowest BCUT2D eigenvalue weighted by Crippen LogP contribution is -2.12. The molecule has 0 saturated heterocycles. The molecule has 3 aromatic rings. The van der Waals surface area contributed by atoms with Gasteiger partial charge in [0.15, 0.2) is 0 Å². The third kappa shape index (κ3) is 7.23. The fourth-order valence-electron chi connectivity index (χ4n) is 4.08. The molecule has 1 saturated carbocycles. The van der Waals surface area contributed by atoms with Crippen LogP contribution in [-0.4, -0.2) is 38.8 Å². The van der Waals surface area contributed by atoms with Crippen LogP contribution in [0.3, 0.4) is 0 Å². The fourth-order valence-corrected chi connectivity index (χ4v) is 4.08. The summed E-state index contributed by atoms with van der Waals surface area (Å²) in [6.07, 6.45) is 9.46. The Morgan fingerprint density at radius 1 is 1.11 bits per heavy atom. The Morgan fingerprint density at radius 3 is 2.50 bits per heavy atom. The van der Waals surface area contributed by atoms with Crippen LogP contribution >= 0.6 is 0 Å². The number of rotatable bonds is 6. The highest BCUT2D eigenvalue weighted by Gasteiger charge is 2.21. The second-order valence-electron chi connectivity index (χ2n) is 8.78. The predicted octanol–water partition coefficient (Wildman–Crippen LogP) is 6.67. The number of benzene rings is 2. The maximum absolute atomic E-state index is 11.1. The minimum atomic E-state index is -0.359. The molecule has 0 bridgehead atoms. The van der Waals surface area contributed by atoms with Gasteiger partial charge in [-0.3, -0.25) is 4.98 Å². The number of carbonyl (C=O) groups is 1. The van der Waals surface area contributed by atoms with E-state index in [-0.39, 0.29) is 5.97 Å². The van der Waals surface area contributed by atoms with Gasteiger partial charge in [-0.05, 0) is 73.4 Å². The van der Waals surface area contributed by atoms with Gasteiger partial charge in [-0.1, -0.05) is 32.0 Å². The summed E-state index contributed by atoms with van der Waals surface area (Å²) in [6.45, 7) is 4.84. The molecule has 0 spiro atoms. The number of anilines is 3. The van der Waals surface area contributed by atoms with Crippen molar-refractivity contribution in [1.29, 1.82) is 0 Å². The summed E-state index contributed by atoms with van der Waals surface area (Å²) in [5.41, 5.74) is 6.39. The zero-order valence-corrected chi connectivity index (χ0v) is 22.2. The fraction of sp³-hybridized carbons (Fsp3) is 0.400. The van der Waals surface area contributed by atoms with Crippen LogP contribution in [0, 0.1) is 5.92 Å². The molecule has 1 aromatic heterocycles. The lowest BCUT2D eigenvalue weighted by Gasteiger charge is -2.23. The van der Waals surface area contributed by atoms with E-state index in [4.69, 9.17) is 4.74 Å². The van der Waals surface area contributed by atoms with E-state index in [0.29, 0.717) is 11.3 Å². The normalized spacial score (nSPS) is 13.5. The van der Waals surface area contributed by atoms with Crippen LogP contribution in [0.5, 0.6) is 5.75 Å². The summed E-state index contributed by atoms with van der Waals surface area (Å²) in [7, 11) is 5.20. The minimum Gasteiger partial charge on any atom is -0.493 e. The first-order chi connectivity index (χ1) is 17.6. The SMILES string of the molecule is CC.CN(c1ccc(CC2CC2)cc1)c1ccc2c(c1)OCCC2.CNc1cnccc1C(=O)OC. The van der Waals surface area contributed by atoms with E-state index in [0.717, 1.165) is 31.1 Å². The molecule has 1 N–H and O–H groups in total. The van der Waals surface area contributed by atoms with Crippen LogP contribution < -0.4 is 15.0 Å². The van der Waals surface area contributed by atoms with Gasteiger partial charge >= 0.3 is 5.97 Å². The van der Waals surface area contributed by atoms with Crippen molar-refractivity contribution in [3.8, 4) is 5.75 Å². The monoisotopic (exact) mass is 489 g/mol. The summed E-state index contributed by atoms with van der Waals surface area (Å²) in [5.74, 6) is 1.64. The zero-order chi connectivity index (χ0) is 25.9. The topological polar surface area (TPSA) is 63.7 Å². The van der Waals surface area contributed by atoms with Gasteiger partial charge in [-0.15, -0.1) is 0 Å². The summed E-state index contributed by atoms with van der Waals surface area (Å²) >= 11 is 0. The Kier molecular flexibility index (Phi) is 10.2. The van der Waals surface area contributed by atoms with E-state index < -0.39 is 0 Å². The molecule has 1 aliphatic carbocycles. The van der Waals surface area contributed by atoms with Crippen molar-refractivity contribution in [1.82, 2.24) is 4.98 Å². The molecule has 0 unspecified atom stereocenters. The highest BCUT2D eigenvalue weighted by molar-refractivity contribution is 5.95. The van der Waals surface area contributed by atoms with Crippen LogP contribution in [0.4, 0.5) is 17.1 Å². The van der Waals surface area contributed by atoms with Crippen LogP contribution in [0.15, 0.2) is 60.9 Å². The van der Waals surface area contributed by atoms with E-state index in [1.54, 1.807) is 25.5 Å². The van der Waals surface area contributed by atoms with E-state index in [9.17, 15) is 4.79 Å². The first-order valence-corrected chi connectivity index (χ1v) is 12.9. The number of fused-ring (bicyclic) bond motifs is 1. The quantitative estimate of drug-likeness (QED) is 0.390. The molecule has 6 nitrogen and oxygen atoms in total. The number of ether oxygens (including phenoxy) is 2. The van der Waals surface area contributed by atoms with Gasteiger partial charge in [0.1, 0.15) is 5.75 Å². The highest BCUT2D eigenvalue weighted by atomic mass is 16.5. The Bertz CT molecular complexity index is 1110. The lowest BCUT2D eigenvalue weighted by molar-refractivity contribution is 0.0601. The summed E-state index contributed by atoms with van der Waals surface area (Å²) < 4.78 is 10.4. The number of carbonyl (C=O) groups excluding carboxylic acids is 1. The Balaban J connectivity index is 0.000000220. The maximum atomic E-state index is 11.1. The average Bonchev–Trinajstić information content (AvgIpc) is 3.78. The predicted molar refractivity (Wildman–Crippen MR) is 148 cm³/mol. The van der Waals surface area contributed by atoms with Gasteiger partial charge in [-0.2, -0.15) is 0 Å². The van der Waals surface area contributed by atoms with Crippen LogP contribution in [0.25, 0.3) is 0 Å². The average molecular weight is 490 g/mol. The number of pyridine rings is 1. The number of aromatic nitrogens is 1. The number of aryl methyl sites for hydroxylation is 1. The summed E-state index contributed by atoms with van der Waals surface area (Å²) in [5, 5.41) is 2.85. The smallest absolute Gasteiger partial charge is 0.340 e. The van der Waals surface area contributed by atoms with E-state index in [2.05, 4.69) is 69.4 Å². The van der Waals surface area contributed by atoms with Crippen molar-refractivity contribution in [2.75, 3.05) is 38.0 Å². The number of hydrogen-bond acceptors (Lipinski definition) is 6. The first-order valence-electron chi connectivity index (χ1n) is 12.9. The molecule has 2 heterocycles. The van der Waals surface area contributed by atoms with Crippen molar-refractivity contribution in [3.05, 3.63) is 77.6 Å². The first kappa shape index (κ1) is 27.1. The van der Waals surface area contributed by atoms with Crippen molar-refractivity contribution in [2.45, 2.75) is 46.0 Å². The number of nitrogens with one attached hydrogen (secondary N) is 1. The molecule has 0 radical (unpaired) electrons. The van der Waals surface area contributed by atoms with Crippen LogP contribution in [-0.2, 0) is 17.6 Å². The largest absolute Gasteiger partial charge is 0.493 e. The van der Waals surface area contributed by atoms with Gasteiger partial charge in [-0.25, -0.2) is 4.79 Å². The minimum absolute atomic E-state index is 0.359. The van der Waals surface area contributed by atoms with Crippen molar-refractivity contribution in [2.24, 2.45) is 5.92 Å². The lowest BCUT2D eigenvalue weighted by atomic mass is 10.1. The Hall–Kier alpha value is -3.54. The van der Waals surface area contributed by atoms with Crippen molar-refractivity contribution in [3.63, 3.8) is 0 Å². The number of esters is 1. The molecule has 1 aliphatic heterocycles. The number of nitrogens with zero attached hydrogens (tertiary/aromatic N) is 2. The van der Waals surface area contributed by atoms with Crippen molar-refractivity contribution >= 4 is 23.0 Å². The highest BCUT2D eigenvalue weighted by Crippen LogP contribution is 2.34. The van der Waals surface area contributed by atoms with Gasteiger partial charge in [0.05, 0.1) is 31.2 Å². The molecule has 192 valence electrons. The van der Waals surface area contributed by atoms with Gasteiger partial charge in [0.25, 0.3) is 0 Å². The number of methoxy groups -OCH3 is 1.